The quantitative estimate of drug-likeness (QED) is 0.674. The molecule has 0 aliphatic rings. The minimum absolute atomic E-state index is 0.554. The molecule has 84 valence electrons. The molecular formula is C13H10N2O2. The van der Waals surface area contributed by atoms with E-state index in [1.807, 2.05) is 36.4 Å². The van der Waals surface area contributed by atoms with Crippen LogP contribution in [0.15, 0.2) is 47.0 Å². The summed E-state index contributed by atoms with van der Waals surface area (Å²) in [6.45, 7) is 0. The first-order valence-electron chi connectivity index (χ1n) is 5.23. The summed E-state index contributed by atoms with van der Waals surface area (Å²) >= 11 is 0. The number of hydrogen-bond acceptors (Lipinski definition) is 4. The zero-order chi connectivity index (χ0) is 11.7. The molecule has 0 fully saturated rings. The van der Waals surface area contributed by atoms with Crippen LogP contribution in [0, 0.1) is 0 Å². The lowest BCUT2D eigenvalue weighted by molar-refractivity contribution is 0.415. The largest absolute Gasteiger partial charge is 0.497 e. The van der Waals surface area contributed by atoms with E-state index in [2.05, 4.69) is 9.97 Å². The first-order valence-corrected chi connectivity index (χ1v) is 5.23. The lowest BCUT2D eigenvalue weighted by Gasteiger charge is -1.99. The van der Waals surface area contributed by atoms with Gasteiger partial charge in [0.15, 0.2) is 0 Å². The fourth-order valence-corrected chi connectivity index (χ4v) is 1.63. The molecular weight excluding hydrogens is 216 g/mol. The van der Waals surface area contributed by atoms with Gasteiger partial charge in [0, 0.05) is 11.8 Å². The molecule has 0 saturated heterocycles. The molecule has 0 N–H and O–H groups in total. The van der Waals surface area contributed by atoms with Crippen molar-refractivity contribution in [1.29, 1.82) is 0 Å². The van der Waals surface area contributed by atoms with Crippen LogP contribution in [0.25, 0.3) is 22.7 Å². The Hall–Kier alpha value is -2.36. The molecule has 4 heteroatoms. The first kappa shape index (κ1) is 9.84. The van der Waals surface area contributed by atoms with Gasteiger partial charge in [-0.2, -0.15) is 0 Å². The Labute approximate surface area is 97.9 Å². The maximum Gasteiger partial charge on any atom is 0.247 e. The summed E-state index contributed by atoms with van der Waals surface area (Å²) in [5, 5.41) is 0. The fourth-order valence-electron chi connectivity index (χ4n) is 1.63. The highest BCUT2D eigenvalue weighted by Crippen LogP contribution is 2.24. The van der Waals surface area contributed by atoms with Crippen LogP contribution in [0.1, 0.15) is 0 Å². The topological polar surface area (TPSA) is 48.2 Å². The number of pyridine rings is 1. The minimum atomic E-state index is 0.554. The standard InChI is InChI=1S/C13H10N2O2/c1-16-10-6-4-9(5-7-10)12-15-11-3-2-8-14-13(11)17-12/h2-8H,1H3. The number of fused-ring (bicyclic) bond motifs is 1. The van der Waals surface area contributed by atoms with Crippen LogP contribution in [-0.4, -0.2) is 17.1 Å². The van der Waals surface area contributed by atoms with Crippen molar-refractivity contribution in [3.8, 4) is 17.2 Å². The van der Waals surface area contributed by atoms with Crippen LogP contribution in [0.3, 0.4) is 0 Å². The Morgan fingerprint density at radius 2 is 1.94 bits per heavy atom. The minimum Gasteiger partial charge on any atom is -0.497 e. The van der Waals surface area contributed by atoms with E-state index in [0.717, 1.165) is 16.8 Å². The van der Waals surface area contributed by atoms with Gasteiger partial charge in [-0.3, -0.25) is 0 Å². The Morgan fingerprint density at radius 1 is 1.12 bits per heavy atom. The SMILES string of the molecule is COc1ccc(-c2nc3cccnc3o2)cc1. The van der Waals surface area contributed by atoms with Gasteiger partial charge in [-0.1, -0.05) is 0 Å². The Bertz CT molecular complexity index is 611. The molecule has 0 unspecified atom stereocenters. The smallest absolute Gasteiger partial charge is 0.247 e. The molecule has 0 atom stereocenters. The van der Waals surface area contributed by atoms with Gasteiger partial charge in [-0.15, -0.1) is 0 Å². The van der Waals surface area contributed by atoms with Crippen LogP contribution in [0.4, 0.5) is 0 Å². The van der Waals surface area contributed by atoms with Gasteiger partial charge in [-0.25, -0.2) is 9.97 Å². The van der Waals surface area contributed by atoms with Crippen molar-refractivity contribution < 1.29 is 9.15 Å². The third-order valence-corrected chi connectivity index (χ3v) is 2.50. The summed E-state index contributed by atoms with van der Waals surface area (Å²) in [4.78, 5) is 8.48. The lowest BCUT2D eigenvalue weighted by Crippen LogP contribution is -1.82. The Kier molecular flexibility index (Phi) is 2.26. The highest BCUT2D eigenvalue weighted by atomic mass is 16.5. The molecule has 0 aliphatic carbocycles. The van der Waals surface area contributed by atoms with Gasteiger partial charge < -0.3 is 9.15 Å². The molecule has 2 heterocycles. The number of hydrogen-bond donors (Lipinski definition) is 0. The van der Waals surface area contributed by atoms with E-state index in [4.69, 9.17) is 9.15 Å². The van der Waals surface area contributed by atoms with E-state index >= 15 is 0 Å². The molecule has 0 radical (unpaired) electrons. The second-order valence-corrected chi connectivity index (χ2v) is 3.58. The van der Waals surface area contributed by atoms with Crippen molar-refractivity contribution in [1.82, 2.24) is 9.97 Å². The second kappa shape index (κ2) is 3.90. The molecule has 2 aromatic heterocycles. The maximum absolute atomic E-state index is 5.56. The molecule has 3 aromatic rings. The Morgan fingerprint density at radius 3 is 2.65 bits per heavy atom. The highest BCUT2D eigenvalue weighted by molar-refractivity contribution is 5.72. The summed E-state index contributed by atoms with van der Waals surface area (Å²) in [7, 11) is 1.64. The number of ether oxygens (including phenoxy) is 1. The van der Waals surface area contributed by atoms with Crippen molar-refractivity contribution in [3.63, 3.8) is 0 Å². The second-order valence-electron chi connectivity index (χ2n) is 3.58. The number of rotatable bonds is 2. The zero-order valence-corrected chi connectivity index (χ0v) is 9.25. The van der Waals surface area contributed by atoms with Crippen LogP contribution in [0.2, 0.25) is 0 Å². The van der Waals surface area contributed by atoms with Gasteiger partial charge in [0.2, 0.25) is 11.6 Å². The van der Waals surface area contributed by atoms with Crippen LogP contribution < -0.4 is 4.74 Å². The predicted molar refractivity (Wildman–Crippen MR) is 63.8 cm³/mol. The van der Waals surface area contributed by atoms with Crippen LogP contribution in [0.5, 0.6) is 5.75 Å². The fraction of sp³-hybridized carbons (Fsp3) is 0.0769. The van der Waals surface area contributed by atoms with E-state index in [0.29, 0.717) is 11.6 Å². The summed E-state index contributed by atoms with van der Waals surface area (Å²) in [6.07, 6.45) is 1.69. The van der Waals surface area contributed by atoms with Crippen molar-refractivity contribution >= 4 is 11.2 Å². The molecule has 0 spiro atoms. The van der Waals surface area contributed by atoms with Crippen molar-refractivity contribution in [2.45, 2.75) is 0 Å². The summed E-state index contributed by atoms with van der Waals surface area (Å²) < 4.78 is 10.7. The number of nitrogens with zero attached hydrogens (tertiary/aromatic N) is 2. The van der Waals surface area contributed by atoms with Gasteiger partial charge in [0.1, 0.15) is 11.3 Å². The van der Waals surface area contributed by atoms with Crippen molar-refractivity contribution in [2.75, 3.05) is 7.11 Å². The van der Waals surface area contributed by atoms with Gasteiger partial charge in [0.05, 0.1) is 7.11 Å². The van der Waals surface area contributed by atoms with E-state index in [9.17, 15) is 0 Å². The lowest BCUT2D eigenvalue weighted by atomic mass is 10.2. The molecule has 1 aromatic carbocycles. The average molecular weight is 226 g/mol. The van der Waals surface area contributed by atoms with Crippen LogP contribution in [-0.2, 0) is 0 Å². The maximum atomic E-state index is 5.56. The number of methoxy groups -OCH3 is 1. The first-order chi connectivity index (χ1) is 8.36. The third-order valence-electron chi connectivity index (χ3n) is 2.50. The van der Waals surface area contributed by atoms with Gasteiger partial charge in [0.25, 0.3) is 0 Å². The highest BCUT2D eigenvalue weighted by Gasteiger charge is 2.08. The molecule has 0 saturated carbocycles. The van der Waals surface area contributed by atoms with E-state index in [1.54, 1.807) is 13.3 Å². The molecule has 0 bridgehead atoms. The van der Waals surface area contributed by atoms with Crippen molar-refractivity contribution in [2.24, 2.45) is 0 Å². The summed E-state index contributed by atoms with van der Waals surface area (Å²) in [5.74, 6) is 1.38. The van der Waals surface area contributed by atoms with Crippen LogP contribution >= 0.6 is 0 Å². The molecule has 17 heavy (non-hydrogen) atoms. The van der Waals surface area contributed by atoms with Gasteiger partial charge >= 0.3 is 0 Å². The predicted octanol–water partition coefficient (Wildman–Crippen LogP) is 2.90. The average Bonchev–Trinajstić information content (AvgIpc) is 2.82. The summed E-state index contributed by atoms with van der Waals surface area (Å²) in [6, 6.07) is 11.3. The van der Waals surface area contributed by atoms with Gasteiger partial charge in [-0.05, 0) is 36.4 Å². The molecule has 4 nitrogen and oxygen atoms in total. The molecule has 0 aliphatic heterocycles. The monoisotopic (exact) mass is 226 g/mol. The zero-order valence-electron chi connectivity index (χ0n) is 9.25. The number of aromatic nitrogens is 2. The molecule has 0 amide bonds. The van der Waals surface area contributed by atoms with E-state index in [-0.39, 0.29) is 0 Å². The van der Waals surface area contributed by atoms with E-state index < -0.39 is 0 Å². The third kappa shape index (κ3) is 1.73. The summed E-state index contributed by atoms with van der Waals surface area (Å²) in [5.41, 5.74) is 2.22. The Balaban J connectivity index is 2.07. The normalized spacial score (nSPS) is 10.6. The molecule has 3 rings (SSSR count). The van der Waals surface area contributed by atoms with E-state index in [1.165, 1.54) is 0 Å². The van der Waals surface area contributed by atoms with Crippen molar-refractivity contribution in [3.05, 3.63) is 42.6 Å². The number of oxazole rings is 1. The number of benzene rings is 1.